The molecule has 0 fully saturated rings. The summed E-state index contributed by atoms with van der Waals surface area (Å²) in [7, 11) is 3.89. The largest absolute Gasteiger partial charge is 0.361 e. The van der Waals surface area contributed by atoms with Crippen LogP contribution in [-0.2, 0) is 6.42 Å². The maximum atomic E-state index is 4.43. The van der Waals surface area contributed by atoms with Crippen molar-refractivity contribution in [1.29, 1.82) is 0 Å². The maximum absolute atomic E-state index is 4.43. The second-order valence-corrected chi connectivity index (χ2v) is 3.45. The fourth-order valence-corrected chi connectivity index (χ4v) is 1.41. The van der Waals surface area contributed by atoms with Gasteiger partial charge in [-0.25, -0.2) is 15.0 Å². The van der Waals surface area contributed by atoms with Crippen molar-refractivity contribution < 1.29 is 0 Å². The average molecular weight is 203 g/mol. The fourth-order valence-electron chi connectivity index (χ4n) is 1.41. The zero-order chi connectivity index (χ0) is 10.8. The Balaban J connectivity index is 2.63. The van der Waals surface area contributed by atoms with Gasteiger partial charge in [0.2, 0.25) is 0 Å². The van der Waals surface area contributed by atoms with E-state index in [1.165, 1.54) is 0 Å². The van der Waals surface area contributed by atoms with E-state index in [1.807, 2.05) is 19.0 Å². The first-order valence-corrected chi connectivity index (χ1v) is 4.70. The summed E-state index contributed by atoms with van der Waals surface area (Å²) in [5, 5.41) is 0. The summed E-state index contributed by atoms with van der Waals surface area (Å²) >= 11 is 0. The Hall–Kier alpha value is -1.91. The van der Waals surface area contributed by atoms with E-state index in [9.17, 15) is 0 Å². The summed E-state index contributed by atoms with van der Waals surface area (Å²) in [5.74, 6) is 1.60. The molecule has 5 heteroatoms. The van der Waals surface area contributed by atoms with Crippen LogP contribution >= 0.6 is 0 Å². The van der Waals surface area contributed by atoms with Gasteiger partial charge in [0.25, 0.3) is 0 Å². The molecule has 2 rings (SSSR count). The molecule has 5 nitrogen and oxygen atoms in total. The molecule has 0 unspecified atom stereocenters. The number of anilines is 1. The van der Waals surface area contributed by atoms with Crippen molar-refractivity contribution in [3.05, 3.63) is 24.8 Å². The summed E-state index contributed by atoms with van der Waals surface area (Å²) < 4.78 is 0. The number of nitrogens with one attached hydrogen (secondary N) is 1. The summed E-state index contributed by atoms with van der Waals surface area (Å²) in [5.41, 5.74) is 1.57. The monoisotopic (exact) mass is 203 g/mol. The Morgan fingerprint density at radius 3 is 2.93 bits per heavy atom. The van der Waals surface area contributed by atoms with E-state index in [1.54, 1.807) is 12.4 Å². The molecular weight excluding hydrogens is 190 g/mol. The molecule has 0 bridgehead atoms. The fraction of sp³-hybridized carbons (Fsp3) is 0.300. The van der Waals surface area contributed by atoms with Gasteiger partial charge in [-0.05, 0) is 0 Å². The molecule has 2 aromatic heterocycles. The van der Waals surface area contributed by atoms with Gasteiger partial charge >= 0.3 is 0 Å². The van der Waals surface area contributed by atoms with Gasteiger partial charge < -0.3 is 9.88 Å². The van der Waals surface area contributed by atoms with Gasteiger partial charge in [0.1, 0.15) is 11.3 Å². The molecule has 78 valence electrons. The molecule has 0 spiro atoms. The molecule has 2 aromatic rings. The summed E-state index contributed by atoms with van der Waals surface area (Å²) in [4.78, 5) is 17.9. The van der Waals surface area contributed by atoms with Gasteiger partial charge in [-0.15, -0.1) is 6.58 Å². The number of H-pyrrole nitrogens is 1. The molecule has 15 heavy (non-hydrogen) atoms. The number of hydrogen-bond donors (Lipinski definition) is 1. The second-order valence-electron chi connectivity index (χ2n) is 3.45. The normalized spacial score (nSPS) is 10.5. The first-order valence-electron chi connectivity index (χ1n) is 4.70. The quantitative estimate of drug-likeness (QED) is 0.760. The van der Waals surface area contributed by atoms with Crippen molar-refractivity contribution in [3.63, 3.8) is 0 Å². The van der Waals surface area contributed by atoms with Crippen LogP contribution in [0.15, 0.2) is 19.0 Å². The highest BCUT2D eigenvalue weighted by molar-refractivity contribution is 5.82. The number of aromatic amines is 1. The third-order valence-electron chi connectivity index (χ3n) is 2.06. The molecule has 0 saturated heterocycles. The van der Waals surface area contributed by atoms with Crippen molar-refractivity contribution in [2.24, 2.45) is 0 Å². The Bertz CT molecular complexity index is 486. The van der Waals surface area contributed by atoms with Crippen molar-refractivity contribution in [2.75, 3.05) is 19.0 Å². The molecule has 0 aliphatic rings. The molecule has 0 aliphatic heterocycles. The van der Waals surface area contributed by atoms with E-state index >= 15 is 0 Å². The topological polar surface area (TPSA) is 57.7 Å². The van der Waals surface area contributed by atoms with Crippen LogP contribution in [0.3, 0.4) is 0 Å². The van der Waals surface area contributed by atoms with Crippen molar-refractivity contribution in [3.8, 4) is 0 Å². The van der Waals surface area contributed by atoms with Gasteiger partial charge in [-0.2, -0.15) is 0 Å². The standard InChI is InChI=1S/C10H13N5/c1-4-5-7-13-9-8(11-6-12-9)10(14-7)15(2)3/h4,6H,1,5H2,2-3H3,(H,11,12,13,14). The molecule has 0 amide bonds. The van der Waals surface area contributed by atoms with Gasteiger partial charge in [-0.3, -0.25) is 0 Å². The van der Waals surface area contributed by atoms with Crippen molar-refractivity contribution in [2.45, 2.75) is 6.42 Å². The number of nitrogens with zero attached hydrogens (tertiary/aromatic N) is 4. The first kappa shape index (κ1) is 9.64. The zero-order valence-electron chi connectivity index (χ0n) is 8.86. The Labute approximate surface area is 87.9 Å². The predicted octanol–water partition coefficient (Wildman–Crippen LogP) is 1.15. The lowest BCUT2D eigenvalue weighted by Gasteiger charge is -2.12. The number of allylic oxidation sites excluding steroid dienone is 1. The van der Waals surface area contributed by atoms with Crippen LogP contribution in [0.5, 0.6) is 0 Å². The number of aromatic nitrogens is 4. The molecule has 2 heterocycles. The SMILES string of the molecule is C=CCc1nc(N(C)C)c2[nH]cnc2n1. The van der Waals surface area contributed by atoms with E-state index in [0.29, 0.717) is 12.1 Å². The Kier molecular flexibility index (Phi) is 2.37. The predicted molar refractivity (Wildman–Crippen MR) is 59.9 cm³/mol. The van der Waals surface area contributed by atoms with Gasteiger partial charge in [-0.1, -0.05) is 6.08 Å². The zero-order valence-corrected chi connectivity index (χ0v) is 8.86. The van der Waals surface area contributed by atoms with Crippen molar-refractivity contribution in [1.82, 2.24) is 19.9 Å². The van der Waals surface area contributed by atoms with Crippen LogP contribution < -0.4 is 4.90 Å². The molecule has 0 aromatic carbocycles. The van der Waals surface area contributed by atoms with E-state index in [2.05, 4.69) is 26.5 Å². The lowest BCUT2D eigenvalue weighted by molar-refractivity contribution is 0.972. The minimum absolute atomic E-state index is 0.656. The summed E-state index contributed by atoms with van der Waals surface area (Å²) in [6.07, 6.45) is 4.07. The van der Waals surface area contributed by atoms with E-state index in [4.69, 9.17) is 0 Å². The van der Waals surface area contributed by atoms with E-state index in [-0.39, 0.29) is 0 Å². The second kappa shape index (κ2) is 3.68. The van der Waals surface area contributed by atoms with Gasteiger partial charge in [0.15, 0.2) is 11.5 Å². The number of hydrogen-bond acceptors (Lipinski definition) is 4. The highest BCUT2D eigenvalue weighted by atomic mass is 15.2. The van der Waals surface area contributed by atoms with Crippen LogP contribution in [0.2, 0.25) is 0 Å². The average Bonchev–Trinajstić information content (AvgIpc) is 2.64. The van der Waals surface area contributed by atoms with Crippen molar-refractivity contribution >= 4 is 17.0 Å². The van der Waals surface area contributed by atoms with E-state index in [0.717, 1.165) is 17.2 Å². The maximum Gasteiger partial charge on any atom is 0.183 e. The molecular formula is C10H13N5. The highest BCUT2D eigenvalue weighted by Crippen LogP contribution is 2.18. The van der Waals surface area contributed by atoms with Crippen LogP contribution in [0, 0.1) is 0 Å². The molecule has 0 atom stereocenters. The Morgan fingerprint density at radius 2 is 2.27 bits per heavy atom. The van der Waals surface area contributed by atoms with Crippen LogP contribution in [0.1, 0.15) is 5.82 Å². The summed E-state index contributed by atoms with van der Waals surface area (Å²) in [6, 6.07) is 0. The third kappa shape index (κ3) is 1.68. The smallest absolute Gasteiger partial charge is 0.183 e. The molecule has 0 saturated carbocycles. The lowest BCUT2D eigenvalue weighted by atomic mass is 10.3. The minimum Gasteiger partial charge on any atom is -0.361 e. The van der Waals surface area contributed by atoms with Crippen LogP contribution in [-0.4, -0.2) is 34.0 Å². The summed E-state index contributed by atoms with van der Waals surface area (Å²) in [6.45, 7) is 3.68. The molecule has 1 N–H and O–H groups in total. The molecule has 0 radical (unpaired) electrons. The third-order valence-corrected chi connectivity index (χ3v) is 2.06. The number of fused-ring (bicyclic) bond motifs is 1. The first-order chi connectivity index (χ1) is 7.22. The van der Waals surface area contributed by atoms with Crippen LogP contribution in [0.4, 0.5) is 5.82 Å². The number of imidazole rings is 1. The molecule has 0 aliphatic carbocycles. The van der Waals surface area contributed by atoms with Gasteiger partial charge in [0.05, 0.1) is 6.33 Å². The van der Waals surface area contributed by atoms with Gasteiger partial charge in [0, 0.05) is 20.5 Å². The number of rotatable bonds is 3. The van der Waals surface area contributed by atoms with Crippen LogP contribution in [0.25, 0.3) is 11.2 Å². The van der Waals surface area contributed by atoms with E-state index < -0.39 is 0 Å². The Morgan fingerprint density at radius 1 is 1.47 bits per heavy atom. The minimum atomic E-state index is 0.656. The lowest BCUT2D eigenvalue weighted by Crippen LogP contribution is -2.13. The highest BCUT2D eigenvalue weighted by Gasteiger charge is 2.10.